The third-order valence-electron chi connectivity index (χ3n) is 3.88. The van der Waals surface area contributed by atoms with E-state index in [0.29, 0.717) is 22.6 Å². The summed E-state index contributed by atoms with van der Waals surface area (Å²) in [7, 11) is 0. The Balaban J connectivity index is 1.69. The van der Waals surface area contributed by atoms with Crippen molar-refractivity contribution in [3.8, 4) is 0 Å². The van der Waals surface area contributed by atoms with Crippen LogP contribution < -0.4 is 11.0 Å². The SMILES string of the molecule is Cc1ccc(C(C)(O)CNC(=O)Cn2c(=O)[nH]c3ccccc32)o1. The molecule has 0 aliphatic carbocycles. The van der Waals surface area contributed by atoms with Crippen LogP contribution >= 0.6 is 0 Å². The quantitative estimate of drug-likeness (QED) is 0.656. The summed E-state index contributed by atoms with van der Waals surface area (Å²) in [5, 5.41) is 13.1. The van der Waals surface area contributed by atoms with Crippen LogP contribution in [0.25, 0.3) is 11.0 Å². The first kappa shape index (κ1) is 16.1. The van der Waals surface area contributed by atoms with Gasteiger partial charge < -0.3 is 19.8 Å². The van der Waals surface area contributed by atoms with Gasteiger partial charge in [0.1, 0.15) is 23.7 Å². The zero-order valence-corrected chi connectivity index (χ0v) is 13.5. The lowest BCUT2D eigenvalue weighted by Gasteiger charge is -2.21. The molecule has 1 amide bonds. The molecule has 0 fully saturated rings. The summed E-state index contributed by atoms with van der Waals surface area (Å²) in [6.07, 6.45) is 0. The molecule has 0 spiro atoms. The van der Waals surface area contributed by atoms with Crippen LogP contribution in [0.5, 0.6) is 0 Å². The molecule has 1 aromatic carbocycles. The average molecular weight is 329 g/mol. The van der Waals surface area contributed by atoms with Crippen LogP contribution in [0.4, 0.5) is 0 Å². The molecule has 3 aromatic rings. The summed E-state index contributed by atoms with van der Waals surface area (Å²) in [5.74, 6) is 0.692. The first-order valence-corrected chi connectivity index (χ1v) is 7.60. The predicted octanol–water partition coefficient (Wildman–Crippen LogP) is 1.25. The number of carbonyl (C=O) groups is 1. The molecule has 1 atom stereocenters. The van der Waals surface area contributed by atoms with Crippen molar-refractivity contribution in [3.63, 3.8) is 0 Å². The highest BCUT2D eigenvalue weighted by Crippen LogP contribution is 2.21. The normalized spacial score (nSPS) is 13.8. The number of benzene rings is 1. The number of imidazole rings is 1. The minimum absolute atomic E-state index is 0.0180. The summed E-state index contributed by atoms with van der Waals surface area (Å²) in [4.78, 5) is 26.8. The van der Waals surface area contributed by atoms with E-state index in [1.807, 2.05) is 6.07 Å². The van der Waals surface area contributed by atoms with Crippen molar-refractivity contribution in [2.75, 3.05) is 6.54 Å². The molecule has 7 nitrogen and oxygen atoms in total. The molecule has 0 aliphatic heterocycles. The van der Waals surface area contributed by atoms with E-state index in [4.69, 9.17) is 4.42 Å². The maximum atomic E-state index is 12.2. The minimum Gasteiger partial charge on any atom is -0.463 e. The van der Waals surface area contributed by atoms with Gasteiger partial charge in [-0.25, -0.2) is 4.79 Å². The van der Waals surface area contributed by atoms with Gasteiger partial charge in [0, 0.05) is 0 Å². The van der Waals surface area contributed by atoms with Crippen molar-refractivity contribution in [2.45, 2.75) is 26.0 Å². The van der Waals surface area contributed by atoms with E-state index >= 15 is 0 Å². The van der Waals surface area contributed by atoms with Gasteiger partial charge in [-0.3, -0.25) is 9.36 Å². The smallest absolute Gasteiger partial charge is 0.326 e. The van der Waals surface area contributed by atoms with Crippen molar-refractivity contribution in [3.05, 3.63) is 58.4 Å². The molecule has 3 rings (SSSR count). The van der Waals surface area contributed by atoms with Crippen LogP contribution in [-0.2, 0) is 16.9 Å². The fourth-order valence-corrected chi connectivity index (χ4v) is 2.55. The number of rotatable bonds is 5. The third-order valence-corrected chi connectivity index (χ3v) is 3.88. The Kier molecular flexibility index (Phi) is 4.02. The second-order valence-corrected chi connectivity index (χ2v) is 5.99. The number of carbonyl (C=O) groups excluding carboxylic acids is 1. The number of nitrogens with one attached hydrogen (secondary N) is 2. The lowest BCUT2D eigenvalue weighted by atomic mass is 10.0. The molecule has 0 saturated carbocycles. The van der Waals surface area contributed by atoms with Crippen LogP contribution in [0, 0.1) is 6.92 Å². The number of para-hydroxylation sites is 2. The molecule has 0 aliphatic rings. The number of aromatic nitrogens is 2. The first-order valence-electron chi connectivity index (χ1n) is 7.60. The lowest BCUT2D eigenvalue weighted by Crippen LogP contribution is -2.40. The highest BCUT2D eigenvalue weighted by Gasteiger charge is 2.27. The van der Waals surface area contributed by atoms with Crippen molar-refractivity contribution >= 4 is 16.9 Å². The summed E-state index contributed by atoms with van der Waals surface area (Å²) >= 11 is 0. The van der Waals surface area contributed by atoms with Gasteiger partial charge in [0.15, 0.2) is 0 Å². The topological polar surface area (TPSA) is 100 Å². The van der Waals surface area contributed by atoms with Crippen LogP contribution in [0.1, 0.15) is 18.4 Å². The number of amides is 1. The van der Waals surface area contributed by atoms with E-state index in [-0.39, 0.29) is 24.7 Å². The van der Waals surface area contributed by atoms with E-state index in [9.17, 15) is 14.7 Å². The number of aromatic amines is 1. The molecule has 126 valence electrons. The Labute approximate surface area is 137 Å². The Morgan fingerprint density at radius 2 is 2.08 bits per heavy atom. The van der Waals surface area contributed by atoms with E-state index < -0.39 is 5.60 Å². The number of aryl methyl sites for hydroxylation is 1. The Morgan fingerprint density at radius 3 is 2.79 bits per heavy atom. The molecular formula is C17H19N3O4. The summed E-state index contributed by atoms with van der Waals surface area (Å²) < 4.78 is 6.76. The largest absolute Gasteiger partial charge is 0.463 e. The van der Waals surface area contributed by atoms with Crippen molar-refractivity contribution < 1.29 is 14.3 Å². The zero-order valence-electron chi connectivity index (χ0n) is 13.5. The van der Waals surface area contributed by atoms with Crippen LogP contribution in [-0.4, -0.2) is 27.1 Å². The molecule has 3 N–H and O–H groups in total. The molecule has 0 bridgehead atoms. The Morgan fingerprint density at radius 1 is 1.33 bits per heavy atom. The number of H-pyrrole nitrogens is 1. The number of hydrogen-bond donors (Lipinski definition) is 3. The van der Waals surface area contributed by atoms with Crippen molar-refractivity contribution in [1.82, 2.24) is 14.9 Å². The summed E-state index contributed by atoms with van der Waals surface area (Å²) in [6.45, 7) is 3.19. The van der Waals surface area contributed by atoms with E-state index in [1.165, 1.54) is 4.57 Å². The van der Waals surface area contributed by atoms with Crippen molar-refractivity contribution in [1.29, 1.82) is 0 Å². The maximum absolute atomic E-state index is 12.2. The van der Waals surface area contributed by atoms with E-state index in [1.54, 1.807) is 44.2 Å². The van der Waals surface area contributed by atoms with Crippen LogP contribution in [0.15, 0.2) is 45.6 Å². The number of fused-ring (bicyclic) bond motifs is 1. The predicted molar refractivity (Wildman–Crippen MR) is 88.6 cm³/mol. The van der Waals surface area contributed by atoms with E-state index in [0.717, 1.165) is 0 Å². The summed E-state index contributed by atoms with van der Waals surface area (Å²) in [6, 6.07) is 10.6. The monoisotopic (exact) mass is 329 g/mol. The standard InChI is InChI=1S/C17H19N3O4/c1-11-7-8-14(24-11)17(2,23)10-18-15(21)9-20-13-6-4-3-5-12(13)19-16(20)22/h3-8,23H,9-10H2,1-2H3,(H,18,21)(H,19,22). The molecule has 2 aromatic heterocycles. The van der Waals surface area contributed by atoms with Gasteiger partial charge in [-0.05, 0) is 38.1 Å². The molecule has 1 unspecified atom stereocenters. The fourth-order valence-electron chi connectivity index (χ4n) is 2.55. The van der Waals surface area contributed by atoms with E-state index in [2.05, 4.69) is 10.3 Å². The Hall–Kier alpha value is -2.80. The fraction of sp³-hybridized carbons (Fsp3) is 0.294. The van der Waals surface area contributed by atoms with Gasteiger partial charge >= 0.3 is 5.69 Å². The number of nitrogens with zero attached hydrogens (tertiary/aromatic N) is 1. The van der Waals surface area contributed by atoms with Crippen LogP contribution in [0.3, 0.4) is 0 Å². The highest BCUT2D eigenvalue weighted by molar-refractivity contribution is 5.80. The molecule has 0 radical (unpaired) electrons. The second kappa shape index (κ2) is 6.01. The van der Waals surface area contributed by atoms with Gasteiger partial charge in [-0.2, -0.15) is 0 Å². The molecule has 0 saturated heterocycles. The number of aliphatic hydroxyl groups is 1. The molecule has 7 heteroatoms. The lowest BCUT2D eigenvalue weighted by molar-refractivity contribution is -0.123. The molecular weight excluding hydrogens is 310 g/mol. The minimum atomic E-state index is -1.32. The Bertz CT molecular complexity index is 933. The highest BCUT2D eigenvalue weighted by atomic mass is 16.4. The van der Waals surface area contributed by atoms with Gasteiger partial charge in [0.05, 0.1) is 17.6 Å². The maximum Gasteiger partial charge on any atom is 0.326 e. The molecule has 2 heterocycles. The first-order chi connectivity index (χ1) is 11.4. The summed E-state index contributed by atoms with van der Waals surface area (Å²) in [5.41, 5.74) is -0.339. The average Bonchev–Trinajstić information content (AvgIpc) is 3.10. The third kappa shape index (κ3) is 3.11. The van der Waals surface area contributed by atoms with Gasteiger partial charge in [-0.1, -0.05) is 12.1 Å². The second-order valence-electron chi connectivity index (χ2n) is 5.99. The number of furan rings is 1. The van der Waals surface area contributed by atoms with Gasteiger partial charge in [-0.15, -0.1) is 0 Å². The molecule has 24 heavy (non-hydrogen) atoms. The van der Waals surface area contributed by atoms with Crippen molar-refractivity contribution in [2.24, 2.45) is 0 Å². The zero-order chi connectivity index (χ0) is 17.3. The van der Waals surface area contributed by atoms with Gasteiger partial charge in [0.2, 0.25) is 5.91 Å². The van der Waals surface area contributed by atoms with Crippen LogP contribution in [0.2, 0.25) is 0 Å². The number of hydrogen-bond acceptors (Lipinski definition) is 4. The van der Waals surface area contributed by atoms with Gasteiger partial charge in [0.25, 0.3) is 0 Å².